The summed E-state index contributed by atoms with van der Waals surface area (Å²) >= 11 is 6.63. The van der Waals surface area contributed by atoms with E-state index in [1.807, 2.05) is 0 Å². The number of hydrogen-bond donors (Lipinski definition) is 2. The van der Waals surface area contributed by atoms with Crippen LogP contribution in [0, 0.1) is 5.82 Å². The van der Waals surface area contributed by atoms with Crippen LogP contribution in [0.5, 0.6) is 0 Å². The first-order chi connectivity index (χ1) is 9.44. The van der Waals surface area contributed by atoms with Crippen molar-refractivity contribution in [2.75, 3.05) is 11.3 Å². The normalized spacial score (nSPS) is 11.6. The Labute approximate surface area is 124 Å². The zero-order valence-corrected chi connectivity index (χ0v) is 12.5. The SMILES string of the molecule is O=S(=O)(Nc1cccc(Cl)c1F)c1ccc(CCO)s1. The molecule has 2 aromatic rings. The molecular weight excluding hydrogens is 325 g/mol. The Hall–Kier alpha value is -1.15. The number of hydrogen-bond acceptors (Lipinski definition) is 4. The molecular formula is C12H11ClFNO3S2. The highest BCUT2D eigenvalue weighted by Gasteiger charge is 2.19. The number of halogens is 2. The van der Waals surface area contributed by atoms with Gasteiger partial charge < -0.3 is 5.11 Å². The second kappa shape index (κ2) is 6.09. The Kier molecular flexibility index (Phi) is 4.64. The molecule has 0 saturated carbocycles. The molecule has 0 saturated heterocycles. The molecule has 2 N–H and O–H groups in total. The first-order valence-corrected chi connectivity index (χ1v) is 8.28. The third-order valence-electron chi connectivity index (χ3n) is 2.46. The van der Waals surface area contributed by atoms with Crippen molar-refractivity contribution in [1.29, 1.82) is 0 Å². The summed E-state index contributed by atoms with van der Waals surface area (Å²) in [6, 6.07) is 7.11. The summed E-state index contributed by atoms with van der Waals surface area (Å²) in [5.41, 5.74) is -0.199. The molecule has 2 rings (SSSR count). The zero-order chi connectivity index (χ0) is 14.8. The quantitative estimate of drug-likeness (QED) is 0.883. The molecule has 0 aliphatic rings. The Morgan fingerprint density at radius 3 is 2.75 bits per heavy atom. The van der Waals surface area contributed by atoms with Gasteiger partial charge in [-0.05, 0) is 24.3 Å². The molecule has 0 spiro atoms. The molecule has 0 atom stereocenters. The van der Waals surface area contributed by atoms with Crippen molar-refractivity contribution in [2.24, 2.45) is 0 Å². The third-order valence-corrected chi connectivity index (χ3v) is 5.75. The Bertz CT molecular complexity index is 715. The van der Waals surface area contributed by atoms with Crippen LogP contribution in [-0.4, -0.2) is 20.1 Å². The van der Waals surface area contributed by atoms with Gasteiger partial charge in [-0.1, -0.05) is 17.7 Å². The number of benzene rings is 1. The van der Waals surface area contributed by atoms with E-state index in [0.717, 1.165) is 16.2 Å². The van der Waals surface area contributed by atoms with Crippen LogP contribution in [0.4, 0.5) is 10.1 Å². The number of sulfonamides is 1. The van der Waals surface area contributed by atoms with Crippen LogP contribution in [-0.2, 0) is 16.4 Å². The first kappa shape index (κ1) is 15.2. The molecule has 8 heteroatoms. The second-order valence-electron chi connectivity index (χ2n) is 3.90. The molecule has 1 aromatic carbocycles. The molecule has 1 aromatic heterocycles. The fraction of sp³-hybridized carbons (Fsp3) is 0.167. The van der Waals surface area contributed by atoms with Crippen molar-refractivity contribution >= 4 is 38.6 Å². The van der Waals surface area contributed by atoms with Gasteiger partial charge in [0, 0.05) is 17.9 Å². The predicted octanol–water partition coefficient (Wildman–Crippen LogP) is 2.88. The van der Waals surface area contributed by atoms with E-state index in [9.17, 15) is 12.8 Å². The molecule has 1 heterocycles. The minimum absolute atomic E-state index is 0.0559. The molecule has 0 aliphatic carbocycles. The molecule has 0 fully saturated rings. The number of aliphatic hydroxyl groups excluding tert-OH is 1. The van der Waals surface area contributed by atoms with Crippen molar-refractivity contribution in [3.63, 3.8) is 0 Å². The highest BCUT2D eigenvalue weighted by atomic mass is 35.5. The van der Waals surface area contributed by atoms with E-state index < -0.39 is 15.8 Å². The minimum Gasteiger partial charge on any atom is -0.396 e. The van der Waals surface area contributed by atoms with E-state index in [0.29, 0.717) is 6.42 Å². The van der Waals surface area contributed by atoms with Gasteiger partial charge in [-0.2, -0.15) is 0 Å². The van der Waals surface area contributed by atoms with Crippen molar-refractivity contribution < 1.29 is 17.9 Å². The third kappa shape index (κ3) is 3.29. The van der Waals surface area contributed by atoms with Crippen molar-refractivity contribution in [3.05, 3.63) is 46.0 Å². The number of rotatable bonds is 5. The van der Waals surface area contributed by atoms with Gasteiger partial charge in [0.2, 0.25) is 0 Å². The van der Waals surface area contributed by atoms with Gasteiger partial charge in [-0.15, -0.1) is 11.3 Å². The molecule has 0 radical (unpaired) electrons. The largest absolute Gasteiger partial charge is 0.396 e. The lowest BCUT2D eigenvalue weighted by atomic mass is 10.3. The first-order valence-electron chi connectivity index (χ1n) is 5.60. The summed E-state index contributed by atoms with van der Waals surface area (Å²) < 4.78 is 40.1. The Morgan fingerprint density at radius 1 is 1.30 bits per heavy atom. The van der Waals surface area contributed by atoms with E-state index in [4.69, 9.17) is 16.7 Å². The standard InChI is InChI=1S/C12H11ClFNO3S2/c13-9-2-1-3-10(12(9)14)15-20(17,18)11-5-4-8(19-11)6-7-16/h1-5,15-16H,6-7H2. The van der Waals surface area contributed by atoms with Gasteiger partial charge in [-0.25, -0.2) is 12.8 Å². The van der Waals surface area contributed by atoms with E-state index >= 15 is 0 Å². The lowest BCUT2D eigenvalue weighted by Crippen LogP contribution is -2.12. The molecule has 0 amide bonds. The number of thiophene rings is 1. The second-order valence-corrected chi connectivity index (χ2v) is 7.39. The highest BCUT2D eigenvalue weighted by Crippen LogP contribution is 2.27. The zero-order valence-electron chi connectivity index (χ0n) is 10.1. The maximum Gasteiger partial charge on any atom is 0.271 e. The van der Waals surface area contributed by atoms with Crippen LogP contribution in [0.3, 0.4) is 0 Å². The van der Waals surface area contributed by atoms with Crippen LogP contribution >= 0.6 is 22.9 Å². The van der Waals surface area contributed by atoms with E-state index in [-0.39, 0.29) is 21.5 Å². The lowest BCUT2D eigenvalue weighted by Gasteiger charge is -2.07. The van der Waals surface area contributed by atoms with Crippen molar-refractivity contribution in [3.8, 4) is 0 Å². The summed E-state index contributed by atoms with van der Waals surface area (Å²) in [5.74, 6) is -0.815. The maximum absolute atomic E-state index is 13.7. The summed E-state index contributed by atoms with van der Waals surface area (Å²) in [6.07, 6.45) is 0.381. The van der Waals surface area contributed by atoms with E-state index in [1.54, 1.807) is 6.07 Å². The summed E-state index contributed by atoms with van der Waals surface area (Å²) in [6.45, 7) is -0.0592. The molecule has 0 unspecified atom stereocenters. The monoisotopic (exact) mass is 335 g/mol. The Balaban J connectivity index is 2.28. The van der Waals surface area contributed by atoms with Gasteiger partial charge in [0.25, 0.3) is 10.0 Å². The molecule has 0 aliphatic heterocycles. The smallest absolute Gasteiger partial charge is 0.271 e. The number of aliphatic hydroxyl groups is 1. The van der Waals surface area contributed by atoms with Gasteiger partial charge in [0.1, 0.15) is 4.21 Å². The van der Waals surface area contributed by atoms with Gasteiger partial charge >= 0.3 is 0 Å². The molecule has 4 nitrogen and oxygen atoms in total. The predicted molar refractivity (Wildman–Crippen MR) is 77.3 cm³/mol. The average Bonchev–Trinajstić information content (AvgIpc) is 2.85. The molecule has 108 valence electrons. The van der Waals surface area contributed by atoms with Crippen molar-refractivity contribution in [2.45, 2.75) is 10.6 Å². The summed E-state index contributed by atoms with van der Waals surface area (Å²) in [7, 11) is -3.86. The van der Waals surface area contributed by atoms with Crippen molar-refractivity contribution in [1.82, 2.24) is 0 Å². The topological polar surface area (TPSA) is 66.4 Å². The average molecular weight is 336 g/mol. The number of anilines is 1. The lowest BCUT2D eigenvalue weighted by molar-refractivity contribution is 0.300. The van der Waals surface area contributed by atoms with Crippen LogP contribution in [0.2, 0.25) is 5.02 Å². The van der Waals surface area contributed by atoms with Crippen LogP contribution in [0.1, 0.15) is 4.88 Å². The van der Waals surface area contributed by atoms with E-state index in [2.05, 4.69) is 4.72 Å². The molecule has 20 heavy (non-hydrogen) atoms. The van der Waals surface area contributed by atoms with Crippen LogP contribution < -0.4 is 4.72 Å². The summed E-state index contributed by atoms with van der Waals surface area (Å²) in [4.78, 5) is 0.736. The maximum atomic E-state index is 13.7. The fourth-order valence-electron chi connectivity index (χ4n) is 1.52. The molecule has 0 bridgehead atoms. The summed E-state index contributed by atoms with van der Waals surface area (Å²) in [5, 5.41) is 8.66. The van der Waals surface area contributed by atoms with Gasteiger partial charge in [0.15, 0.2) is 5.82 Å². The fourth-order valence-corrected chi connectivity index (χ4v) is 4.10. The van der Waals surface area contributed by atoms with Crippen LogP contribution in [0.15, 0.2) is 34.5 Å². The van der Waals surface area contributed by atoms with Crippen LogP contribution in [0.25, 0.3) is 0 Å². The van der Waals surface area contributed by atoms with Gasteiger partial charge in [0.05, 0.1) is 10.7 Å². The van der Waals surface area contributed by atoms with E-state index in [1.165, 1.54) is 24.3 Å². The Morgan fingerprint density at radius 2 is 2.05 bits per heavy atom. The highest BCUT2D eigenvalue weighted by molar-refractivity contribution is 7.94. The minimum atomic E-state index is -3.86. The van der Waals surface area contributed by atoms with Gasteiger partial charge in [-0.3, -0.25) is 4.72 Å². The number of nitrogens with one attached hydrogen (secondary N) is 1.